The predicted octanol–water partition coefficient (Wildman–Crippen LogP) is 1.45. The van der Waals surface area contributed by atoms with E-state index in [0.717, 1.165) is 23.3 Å². The van der Waals surface area contributed by atoms with Crippen LogP contribution in [-0.2, 0) is 21.3 Å². The van der Waals surface area contributed by atoms with Gasteiger partial charge in [-0.2, -0.15) is 0 Å². The molecule has 1 aromatic heterocycles. The normalized spacial score (nSPS) is 11.2. The highest BCUT2D eigenvalue weighted by atomic mass is 32.2. The SMILES string of the molecule is Cc1csc(=O)n1CCOC(=O)c1ccccc1NS(C)(=O)=O. The first-order valence-corrected chi connectivity index (χ1v) is 9.44. The zero-order valence-corrected chi connectivity index (χ0v) is 14.2. The molecule has 0 aliphatic heterocycles. The molecule has 0 unspecified atom stereocenters. The van der Waals surface area contributed by atoms with Crippen LogP contribution in [-0.4, -0.2) is 31.8 Å². The number of sulfonamides is 1. The molecule has 0 aliphatic carbocycles. The summed E-state index contributed by atoms with van der Waals surface area (Å²) in [7, 11) is -3.50. The predicted molar refractivity (Wildman–Crippen MR) is 88.5 cm³/mol. The molecule has 9 heteroatoms. The lowest BCUT2D eigenvalue weighted by molar-refractivity contribution is 0.0491. The third-order valence-electron chi connectivity index (χ3n) is 2.97. The van der Waals surface area contributed by atoms with Crippen molar-refractivity contribution in [2.75, 3.05) is 17.6 Å². The second kappa shape index (κ2) is 6.97. The van der Waals surface area contributed by atoms with E-state index in [1.807, 2.05) is 0 Å². The molecule has 0 amide bonds. The fourth-order valence-corrected chi connectivity index (χ4v) is 3.27. The minimum Gasteiger partial charge on any atom is -0.460 e. The maximum absolute atomic E-state index is 12.1. The fraction of sp³-hybridized carbons (Fsp3) is 0.286. The number of benzene rings is 1. The number of para-hydroxylation sites is 1. The Morgan fingerprint density at radius 2 is 2.04 bits per heavy atom. The summed E-state index contributed by atoms with van der Waals surface area (Å²) < 4.78 is 31.6. The average Bonchev–Trinajstić information content (AvgIpc) is 2.77. The first-order chi connectivity index (χ1) is 10.8. The number of carbonyl (C=O) groups excluding carboxylic acids is 1. The van der Waals surface area contributed by atoms with E-state index >= 15 is 0 Å². The van der Waals surface area contributed by atoms with Gasteiger partial charge in [0.25, 0.3) is 0 Å². The van der Waals surface area contributed by atoms with Crippen LogP contribution in [0.3, 0.4) is 0 Å². The van der Waals surface area contributed by atoms with Gasteiger partial charge in [0.15, 0.2) is 0 Å². The molecular formula is C14H16N2O5S2. The van der Waals surface area contributed by atoms with E-state index in [9.17, 15) is 18.0 Å². The number of nitrogens with one attached hydrogen (secondary N) is 1. The number of aryl methyl sites for hydroxylation is 1. The molecule has 1 aromatic carbocycles. The summed E-state index contributed by atoms with van der Waals surface area (Å²) in [5.74, 6) is -0.655. The van der Waals surface area contributed by atoms with Crippen molar-refractivity contribution in [1.82, 2.24) is 4.57 Å². The van der Waals surface area contributed by atoms with Gasteiger partial charge in [0.05, 0.1) is 24.1 Å². The molecule has 0 fully saturated rings. The minimum absolute atomic E-state index is 0.0174. The monoisotopic (exact) mass is 356 g/mol. The highest BCUT2D eigenvalue weighted by Crippen LogP contribution is 2.17. The summed E-state index contributed by atoms with van der Waals surface area (Å²) in [4.78, 5) is 23.6. The maximum Gasteiger partial charge on any atom is 0.340 e. The quantitative estimate of drug-likeness (QED) is 0.791. The van der Waals surface area contributed by atoms with Crippen molar-refractivity contribution in [3.05, 3.63) is 50.6 Å². The molecule has 23 heavy (non-hydrogen) atoms. The van der Waals surface area contributed by atoms with Crippen molar-refractivity contribution >= 4 is 33.0 Å². The average molecular weight is 356 g/mol. The third kappa shape index (κ3) is 4.67. The summed E-state index contributed by atoms with van der Waals surface area (Å²) in [6.07, 6.45) is 1.00. The van der Waals surface area contributed by atoms with Crippen LogP contribution in [0.5, 0.6) is 0 Å². The summed E-state index contributed by atoms with van der Waals surface area (Å²) in [6.45, 7) is 2.07. The van der Waals surface area contributed by atoms with Gasteiger partial charge in [-0.1, -0.05) is 23.5 Å². The van der Waals surface area contributed by atoms with Crippen LogP contribution in [0.1, 0.15) is 16.1 Å². The molecule has 2 rings (SSSR count). The number of carbonyl (C=O) groups is 1. The minimum atomic E-state index is -3.50. The molecule has 0 spiro atoms. The summed E-state index contributed by atoms with van der Waals surface area (Å²) >= 11 is 1.09. The van der Waals surface area contributed by atoms with Gasteiger partial charge < -0.3 is 4.74 Å². The van der Waals surface area contributed by atoms with Crippen LogP contribution in [0.15, 0.2) is 34.4 Å². The fourth-order valence-electron chi connectivity index (χ4n) is 1.93. The maximum atomic E-state index is 12.1. The van der Waals surface area contributed by atoms with E-state index in [4.69, 9.17) is 4.74 Å². The van der Waals surface area contributed by atoms with Crippen LogP contribution in [0.4, 0.5) is 5.69 Å². The van der Waals surface area contributed by atoms with Gasteiger partial charge >= 0.3 is 10.8 Å². The molecule has 0 bridgehead atoms. The molecule has 2 aromatic rings. The molecule has 1 N–H and O–H groups in total. The van der Waals surface area contributed by atoms with E-state index in [0.29, 0.717) is 0 Å². The third-order valence-corrected chi connectivity index (χ3v) is 4.44. The lowest BCUT2D eigenvalue weighted by Gasteiger charge is -2.11. The molecule has 124 valence electrons. The zero-order chi connectivity index (χ0) is 17.0. The Kier molecular flexibility index (Phi) is 5.22. The van der Waals surface area contributed by atoms with Crippen molar-refractivity contribution in [3.63, 3.8) is 0 Å². The lowest BCUT2D eigenvalue weighted by Crippen LogP contribution is -2.20. The van der Waals surface area contributed by atoms with Crippen LogP contribution in [0, 0.1) is 6.92 Å². The number of rotatable bonds is 6. The zero-order valence-electron chi connectivity index (χ0n) is 12.6. The Balaban J connectivity index is 2.05. The Labute approximate surface area is 137 Å². The van der Waals surface area contributed by atoms with Crippen LogP contribution in [0.2, 0.25) is 0 Å². The van der Waals surface area contributed by atoms with Gasteiger partial charge in [0, 0.05) is 11.1 Å². The molecule has 0 aliphatic rings. The first kappa shape index (κ1) is 17.2. The van der Waals surface area contributed by atoms with Crippen molar-refractivity contribution in [2.24, 2.45) is 0 Å². The van der Waals surface area contributed by atoms with Gasteiger partial charge in [-0.3, -0.25) is 14.1 Å². The van der Waals surface area contributed by atoms with Gasteiger partial charge in [-0.05, 0) is 19.1 Å². The smallest absolute Gasteiger partial charge is 0.340 e. The van der Waals surface area contributed by atoms with Crippen molar-refractivity contribution < 1.29 is 17.9 Å². The second-order valence-corrected chi connectivity index (χ2v) is 7.42. The highest BCUT2D eigenvalue weighted by Gasteiger charge is 2.15. The molecule has 7 nitrogen and oxygen atoms in total. The Hall–Kier alpha value is -2.13. The Bertz CT molecular complexity index is 867. The van der Waals surface area contributed by atoms with Gasteiger partial charge in [0.1, 0.15) is 6.61 Å². The molecule has 0 atom stereocenters. The highest BCUT2D eigenvalue weighted by molar-refractivity contribution is 7.92. The van der Waals surface area contributed by atoms with Crippen molar-refractivity contribution in [3.8, 4) is 0 Å². The molecular weight excluding hydrogens is 340 g/mol. The van der Waals surface area contributed by atoms with Gasteiger partial charge in [-0.15, -0.1) is 0 Å². The van der Waals surface area contributed by atoms with E-state index in [1.165, 1.54) is 16.7 Å². The standard InChI is InChI=1S/C14H16N2O5S2/c1-10-9-22-14(18)16(10)7-8-21-13(17)11-5-3-4-6-12(11)15-23(2,19)20/h3-6,9,15H,7-8H2,1-2H3. The molecule has 0 saturated heterocycles. The van der Waals surface area contributed by atoms with E-state index in [1.54, 1.807) is 24.4 Å². The number of hydrogen-bond acceptors (Lipinski definition) is 6. The topological polar surface area (TPSA) is 94.5 Å². The molecule has 0 saturated carbocycles. The van der Waals surface area contributed by atoms with E-state index in [2.05, 4.69) is 4.72 Å². The largest absolute Gasteiger partial charge is 0.460 e. The number of ether oxygens (including phenoxy) is 1. The van der Waals surface area contributed by atoms with E-state index in [-0.39, 0.29) is 29.3 Å². The Morgan fingerprint density at radius 1 is 1.35 bits per heavy atom. The molecule has 1 heterocycles. The Morgan fingerprint density at radius 3 is 2.65 bits per heavy atom. The van der Waals surface area contributed by atoms with Crippen molar-refractivity contribution in [2.45, 2.75) is 13.5 Å². The lowest BCUT2D eigenvalue weighted by atomic mass is 10.2. The molecule has 0 radical (unpaired) electrons. The summed E-state index contributed by atoms with van der Waals surface area (Å²) in [6, 6.07) is 6.17. The first-order valence-electron chi connectivity index (χ1n) is 6.67. The van der Waals surface area contributed by atoms with E-state index < -0.39 is 16.0 Å². The summed E-state index contributed by atoms with van der Waals surface area (Å²) in [5, 5.41) is 1.73. The summed E-state index contributed by atoms with van der Waals surface area (Å²) in [5.41, 5.74) is 1.08. The van der Waals surface area contributed by atoms with Crippen LogP contribution >= 0.6 is 11.3 Å². The number of nitrogens with zero attached hydrogens (tertiary/aromatic N) is 1. The number of thiazole rings is 1. The number of anilines is 1. The number of hydrogen-bond donors (Lipinski definition) is 1. The number of esters is 1. The van der Waals surface area contributed by atoms with Crippen LogP contribution < -0.4 is 9.60 Å². The van der Waals surface area contributed by atoms with Gasteiger partial charge in [-0.25, -0.2) is 13.2 Å². The van der Waals surface area contributed by atoms with Crippen molar-refractivity contribution in [1.29, 1.82) is 0 Å². The second-order valence-electron chi connectivity index (χ2n) is 4.85. The van der Waals surface area contributed by atoms with Gasteiger partial charge in [0.2, 0.25) is 10.0 Å². The van der Waals surface area contributed by atoms with Crippen LogP contribution in [0.25, 0.3) is 0 Å². The number of aromatic nitrogens is 1.